The van der Waals surface area contributed by atoms with Crippen LogP contribution in [0.25, 0.3) is 0 Å². The lowest BCUT2D eigenvalue weighted by Crippen LogP contribution is -2.54. The van der Waals surface area contributed by atoms with Gasteiger partial charge >= 0.3 is 0 Å². The van der Waals surface area contributed by atoms with Crippen LogP contribution in [-0.4, -0.2) is 66.1 Å². The van der Waals surface area contributed by atoms with Gasteiger partial charge in [-0.25, -0.2) is 4.39 Å². The number of ketones is 2. The van der Waals surface area contributed by atoms with Crippen LogP contribution >= 0.6 is 0 Å². The van der Waals surface area contributed by atoms with Gasteiger partial charge in [0.1, 0.15) is 12.7 Å². The van der Waals surface area contributed by atoms with E-state index in [0.717, 1.165) is 5.56 Å². The van der Waals surface area contributed by atoms with Gasteiger partial charge in [0.25, 0.3) is 5.91 Å². The number of guanidine groups is 1. The molecule has 10 heteroatoms. The Morgan fingerprint density at radius 1 is 1.13 bits per heavy atom. The Bertz CT molecular complexity index is 1040. The third-order valence-electron chi connectivity index (χ3n) is 7.18. The second kappa shape index (κ2) is 14.2. The fraction of sp³-hybridized carbons (Fsp3) is 0.621. The third kappa shape index (κ3) is 9.14. The summed E-state index contributed by atoms with van der Waals surface area (Å²) < 4.78 is 13.2. The van der Waals surface area contributed by atoms with Gasteiger partial charge in [-0.3, -0.25) is 24.2 Å². The molecule has 1 aliphatic heterocycles. The molecule has 0 saturated carbocycles. The monoisotopic (exact) mass is 545 g/mol. The molecule has 0 unspecified atom stereocenters. The Balaban J connectivity index is 2.11. The number of nitrogens with two attached hydrogens (primary N) is 2. The van der Waals surface area contributed by atoms with Crippen LogP contribution in [0.4, 0.5) is 4.39 Å². The van der Waals surface area contributed by atoms with Crippen LogP contribution in [0.15, 0.2) is 29.3 Å². The van der Waals surface area contributed by atoms with E-state index in [0.29, 0.717) is 31.4 Å². The van der Waals surface area contributed by atoms with Gasteiger partial charge < -0.3 is 21.7 Å². The molecule has 5 N–H and O–H groups in total. The average Bonchev–Trinajstić information content (AvgIpc) is 3.37. The summed E-state index contributed by atoms with van der Waals surface area (Å²) in [7, 11) is 0. The number of Topliss-reactive ketones (excluding diaryl/α,β-unsaturated/α-hetero) is 2. The number of benzene rings is 1. The van der Waals surface area contributed by atoms with E-state index in [1.54, 1.807) is 12.1 Å². The number of amides is 2. The molecule has 2 amide bonds. The molecule has 1 fully saturated rings. The molecule has 0 spiro atoms. The van der Waals surface area contributed by atoms with Crippen LogP contribution in [0.2, 0.25) is 0 Å². The Labute approximate surface area is 231 Å². The number of aliphatic imine (C=N–C) groups is 1. The standard InChI is InChI=1S/C29H44FN5O4/c1-18(2)25(34-26(38)19-10-12-21(13-11-19)29(3,4)5)27(39)35-15-7-9-22(35)23(36)16-20(24(37)17-30)8-6-14-33-28(31)32/h10-13,18,20,22,25H,6-9,14-17H2,1-5H3,(H,34,38)(H4,31,32,33)/t20-,22+,25+/m1/s1. The number of rotatable bonds is 13. The van der Waals surface area contributed by atoms with Crippen LogP contribution < -0.4 is 16.8 Å². The van der Waals surface area contributed by atoms with Gasteiger partial charge in [-0.1, -0.05) is 46.8 Å². The maximum atomic E-state index is 13.6. The van der Waals surface area contributed by atoms with Crippen molar-refractivity contribution in [3.05, 3.63) is 35.4 Å². The molecule has 1 aliphatic rings. The third-order valence-corrected chi connectivity index (χ3v) is 7.18. The van der Waals surface area contributed by atoms with Crippen molar-refractivity contribution in [1.29, 1.82) is 0 Å². The summed E-state index contributed by atoms with van der Waals surface area (Å²) in [5.74, 6) is -2.71. The van der Waals surface area contributed by atoms with Gasteiger partial charge in [0.05, 0.1) is 6.04 Å². The zero-order chi connectivity index (χ0) is 29.3. The van der Waals surface area contributed by atoms with Crippen molar-refractivity contribution >= 4 is 29.3 Å². The highest BCUT2D eigenvalue weighted by molar-refractivity contribution is 5.99. The normalized spacial score (nSPS) is 17.0. The molecular formula is C29H44FN5O4. The first-order chi connectivity index (χ1) is 18.3. The van der Waals surface area contributed by atoms with Crippen LogP contribution in [0.3, 0.4) is 0 Å². The first kappa shape index (κ1) is 31.9. The van der Waals surface area contributed by atoms with Crippen LogP contribution in [0.1, 0.15) is 82.6 Å². The lowest BCUT2D eigenvalue weighted by Gasteiger charge is -2.31. The molecule has 0 aliphatic carbocycles. The van der Waals surface area contributed by atoms with E-state index < -0.39 is 30.5 Å². The Morgan fingerprint density at radius 3 is 2.31 bits per heavy atom. The van der Waals surface area contributed by atoms with E-state index in [1.165, 1.54) is 4.90 Å². The molecular weight excluding hydrogens is 501 g/mol. The molecule has 0 bridgehead atoms. The maximum Gasteiger partial charge on any atom is 0.251 e. The van der Waals surface area contributed by atoms with Crippen molar-refractivity contribution in [2.45, 2.75) is 84.2 Å². The summed E-state index contributed by atoms with van der Waals surface area (Å²) in [6.45, 7) is 9.43. The predicted molar refractivity (Wildman–Crippen MR) is 150 cm³/mol. The van der Waals surface area contributed by atoms with Gasteiger partial charge in [0, 0.05) is 31.0 Å². The predicted octanol–water partition coefficient (Wildman–Crippen LogP) is 2.90. The zero-order valence-electron chi connectivity index (χ0n) is 23.8. The highest BCUT2D eigenvalue weighted by atomic mass is 19.1. The Hall–Kier alpha value is -3.30. The Kier molecular flexibility index (Phi) is 11.6. The number of halogens is 1. The fourth-order valence-corrected chi connectivity index (χ4v) is 4.81. The van der Waals surface area contributed by atoms with Crippen LogP contribution in [-0.2, 0) is 19.8 Å². The van der Waals surface area contributed by atoms with E-state index in [-0.39, 0.29) is 54.3 Å². The van der Waals surface area contributed by atoms with Crippen LogP contribution in [0.5, 0.6) is 0 Å². The topological polar surface area (TPSA) is 148 Å². The molecule has 39 heavy (non-hydrogen) atoms. The lowest BCUT2D eigenvalue weighted by molar-refractivity contribution is -0.140. The molecule has 1 aromatic carbocycles. The summed E-state index contributed by atoms with van der Waals surface area (Å²) in [4.78, 5) is 57.5. The fourth-order valence-electron chi connectivity index (χ4n) is 4.81. The first-order valence-corrected chi connectivity index (χ1v) is 13.6. The zero-order valence-corrected chi connectivity index (χ0v) is 23.8. The van der Waals surface area contributed by atoms with Gasteiger partial charge in [0.2, 0.25) is 5.91 Å². The number of nitrogens with zero attached hydrogens (tertiary/aromatic N) is 2. The summed E-state index contributed by atoms with van der Waals surface area (Å²) in [5, 5.41) is 2.86. The van der Waals surface area contributed by atoms with Crippen molar-refractivity contribution in [3.8, 4) is 0 Å². The van der Waals surface area contributed by atoms with E-state index in [1.807, 2.05) is 26.0 Å². The summed E-state index contributed by atoms with van der Waals surface area (Å²) in [5.41, 5.74) is 12.1. The molecule has 2 rings (SSSR count). The van der Waals surface area contributed by atoms with E-state index >= 15 is 0 Å². The molecule has 9 nitrogen and oxygen atoms in total. The number of alkyl halides is 1. The van der Waals surface area contributed by atoms with Crippen molar-refractivity contribution in [2.24, 2.45) is 28.3 Å². The molecule has 0 aromatic heterocycles. The van der Waals surface area contributed by atoms with E-state index in [9.17, 15) is 23.6 Å². The smallest absolute Gasteiger partial charge is 0.251 e. The SMILES string of the molecule is CC(C)[C@H](NC(=O)c1ccc(C(C)(C)C)cc1)C(=O)N1CCC[C@H]1C(=O)C[C@@H](CCCN=C(N)N)C(=O)CF. The van der Waals surface area contributed by atoms with Crippen molar-refractivity contribution in [2.75, 3.05) is 19.8 Å². The highest BCUT2D eigenvalue weighted by Gasteiger charge is 2.39. The number of hydrogen-bond donors (Lipinski definition) is 3. The quantitative estimate of drug-likeness (QED) is 0.197. The minimum atomic E-state index is -1.16. The number of carbonyl (C=O) groups excluding carboxylic acids is 4. The van der Waals surface area contributed by atoms with Crippen molar-refractivity contribution in [1.82, 2.24) is 10.2 Å². The first-order valence-electron chi connectivity index (χ1n) is 13.6. The van der Waals surface area contributed by atoms with Gasteiger partial charge in [0.15, 0.2) is 17.5 Å². The highest BCUT2D eigenvalue weighted by Crippen LogP contribution is 2.26. The summed E-state index contributed by atoms with van der Waals surface area (Å²) >= 11 is 0. The minimum absolute atomic E-state index is 0.0526. The molecule has 3 atom stereocenters. The molecule has 0 radical (unpaired) electrons. The second-order valence-corrected chi connectivity index (χ2v) is 11.6. The summed E-state index contributed by atoms with van der Waals surface area (Å²) in [6, 6.07) is 5.76. The summed E-state index contributed by atoms with van der Waals surface area (Å²) in [6.07, 6.45) is 1.62. The number of carbonyl (C=O) groups is 4. The van der Waals surface area contributed by atoms with E-state index in [2.05, 4.69) is 31.1 Å². The van der Waals surface area contributed by atoms with Crippen LogP contribution in [0, 0.1) is 11.8 Å². The van der Waals surface area contributed by atoms with Gasteiger partial charge in [-0.05, 0) is 54.7 Å². The average molecular weight is 546 g/mol. The van der Waals surface area contributed by atoms with Gasteiger partial charge in [-0.15, -0.1) is 0 Å². The molecule has 1 aromatic rings. The van der Waals surface area contributed by atoms with Crippen molar-refractivity contribution in [3.63, 3.8) is 0 Å². The molecule has 1 saturated heterocycles. The largest absolute Gasteiger partial charge is 0.370 e. The molecule has 216 valence electrons. The number of nitrogens with one attached hydrogen (secondary N) is 1. The molecule has 1 heterocycles. The van der Waals surface area contributed by atoms with Gasteiger partial charge in [-0.2, -0.15) is 0 Å². The minimum Gasteiger partial charge on any atom is -0.370 e. The second-order valence-electron chi connectivity index (χ2n) is 11.6. The maximum absolute atomic E-state index is 13.6. The number of likely N-dealkylation sites (tertiary alicyclic amines) is 1. The Morgan fingerprint density at radius 2 is 1.77 bits per heavy atom. The van der Waals surface area contributed by atoms with E-state index in [4.69, 9.17) is 11.5 Å². The number of hydrogen-bond acceptors (Lipinski definition) is 5. The van der Waals surface area contributed by atoms with Crippen molar-refractivity contribution < 1.29 is 23.6 Å². The lowest BCUT2D eigenvalue weighted by atomic mass is 9.86.